The van der Waals surface area contributed by atoms with Gasteiger partial charge in [-0.25, -0.2) is 0 Å². The second kappa shape index (κ2) is 3.07. The Morgan fingerprint density at radius 1 is 1.50 bits per heavy atom. The second-order valence-corrected chi connectivity index (χ2v) is 2.73. The minimum atomic E-state index is 0.836. The quantitative estimate of drug-likeness (QED) is 0.582. The smallest absolute Gasteiger partial charge is 0.0446 e. The van der Waals surface area contributed by atoms with Crippen LogP contribution in [-0.2, 0) is 6.42 Å². The van der Waals surface area contributed by atoms with Crippen molar-refractivity contribution in [3.05, 3.63) is 34.3 Å². The maximum absolute atomic E-state index is 5.90. The van der Waals surface area contributed by atoms with Crippen molar-refractivity contribution >= 4 is 11.6 Å². The Hall–Kier alpha value is -0.490. The molecular weight excluding hydrogens is 144 g/mol. The molecule has 0 atom stereocenters. The van der Waals surface area contributed by atoms with Crippen LogP contribution in [0.25, 0.3) is 0 Å². The van der Waals surface area contributed by atoms with Crippen LogP contribution in [0.2, 0.25) is 5.02 Å². The predicted octanol–water partition coefficient (Wildman–Crippen LogP) is 3.01. The summed E-state index contributed by atoms with van der Waals surface area (Å²) in [6.07, 6.45) is 0.999. The van der Waals surface area contributed by atoms with Crippen LogP contribution in [0.15, 0.2) is 12.1 Å². The minimum Gasteiger partial charge on any atom is -0.0840 e. The normalized spacial score (nSPS) is 9.90. The zero-order chi connectivity index (χ0) is 7.56. The topological polar surface area (TPSA) is 0 Å². The third-order valence-corrected chi connectivity index (χ3v) is 1.96. The Balaban J connectivity index is 3.17. The molecule has 0 fully saturated rings. The average molecular weight is 154 g/mol. The number of hydrogen-bond donors (Lipinski definition) is 0. The molecule has 1 rings (SSSR count). The highest BCUT2D eigenvalue weighted by Gasteiger charge is 1.98. The van der Waals surface area contributed by atoms with E-state index >= 15 is 0 Å². The van der Waals surface area contributed by atoms with Crippen LogP contribution >= 0.6 is 11.6 Å². The first-order valence-electron chi connectivity index (χ1n) is 3.40. The molecule has 1 heteroatoms. The lowest BCUT2D eigenvalue weighted by Gasteiger charge is -2.02. The Kier molecular flexibility index (Phi) is 2.34. The lowest BCUT2D eigenvalue weighted by molar-refractivity contribution is 1.11. The maximum atomic E-state index is 5.90. The number of rotatable bonds is 1. The summed E-state index contributed by atoms with van der Waals surface area (Å²) in [7, 11) is 0. The van der Waals surface area contributed by atoms with Gasteiger partial charge in [-0.3, -0.25) is 0 Å². The molecule has 0 saturated heterocycles. The highest BCUT2D eigenvalue weighted by Crippen LogP contribution is 2.18. The summed E-state index contributed by atoms with van der Waals surface area (Å²) in [6, 6.07) is 6.75. The van der Waals surface area contributed by atoms with Crippen molar-refractivity contribution in [2.75, 3.05) is 0 Å². The molecule has 1 aromatic carbocycles. The van der Waals surface area contributed by atoms with Gasteiger partial charge in [-0.15, -0.1) is 0 Å². The number of halogens is 1. The first-order chi connectivity index (χ1) is 4.75. The van der Waals surface area contributed by atoms with E-state index in [4.69, 9.17) is 11.6 Å². The summed E-state index contributed by atoms with van der Waals surface area (Å²) < 4.78 is 0. The van der Waals surface area contributed by atoms with Gasteiger partial charge in [0.15, 0.2) is 0 Å². The molecule has 0 N–H and O–H groups in total. The van der Waals surface area contributed by atoms with E-state index in [1.54, 1.807) is 0 Å². The summed E-state index contributed by atoms with van der Waals surface area (Å²) in [5, 5.41) is 0.836. The van der Waals surface area contributed by atoms with E-state index in [1.807, 2.05) is 12.1 Å². The number of benzene rings is 1. The molecule has 53 valence electrons. The zero-order valence-electron chi connectivity index (χ0n) is 6.24. The van der Waals surface area contributed by atoms with Crippen LogP contribution in [0.1, 0.15) is 18.1 Å². The highest BCUT2D eigenvalue weighted by atomic mass is 35.5. The van der Waals surface area contributed by atoms with Crippen LogP contribution in [0, 0.1) is 13.0 Å². The lowest BCUT2D eigenvalue weighted by Crippen LogP contribution is -1.86. The summed E-state index contributed by atoms with van der Waals surface area (Å²) >= 11 is 5.90. The van der Waals surface area contributed by atoms with Crippen LogP contribution in [0.5, 0.6) is 0 Å². The van der Waals surface area contributed by atoms with Crippen LogP contribution < -0.4 is 0 Å². The summed E-state index contributed by atoms with van der Waals surface area (Å²) in [4.78, 5) is 0. The first kappa shape index (κ1) is 7.62. The molecule has 0 bridgehead atoms. The van der Waals surface area contributed by atoms with E-state index in [9.17, 15) is 0 Å². The van der Waals surface area contributed by atoms with Gasteiger partial charge in [0, 0.05) is 5.02 Å². The van der Waals surface area contributed by atoms with E-state index in [2.05, 4.69) is 19.9 Å². The number of aryl methyl sites for hydroxylation is 1. The van der Waals surface area contributed by atoms with E-state index in [0.29, 0.717) is 0 Å². The van der Waals surface area contributed by atoms with Crippen molar-refractivity contribution in [1.29, 1.82) is 0 Å². The van der Waals surface area contributed by atoms with Crippen molar-refractivity contribution in [3.63, 3.8) is 0 Å². The third-order valence-electron chi connectivity index (χ3n) is 1.63. The van der Waals surface area contributed by atoms with Gasteiger partial charge in [0.05, 0.1) is 0 Å². The molecular formula is C9H10Cl. The van der Waals surface area contributed by atoms with Gasteiger partial charge >= 0.3 is 0 Å². The van der Waals surface area contributed by atoms with Crippen molar-refractivity contribution in [1.82, 2.24) is 0 Å². The standard InChI is InChI=1S/C9H10Cl/c1-3-8-7(2)5-4-6-9(8)10/h5-6H,3H2,1-2H3. The minimum absolute atomic E-state index is 0.836. The van der Waals surface area contributed by atoms with Gasteiger partial charge in [-0.2, -0.15) is 0 Å². The Labute approximate surface area is 66.8 Å². The predicted molar refractivity (Wildman–Crippen MR) is 44.4 cm³/mol. The summed E-state index contributed by atoms with van der Waals surface area (Å²) in [5.41, 5.74) is 2.47. The van der Waals surface area contributed by atoms with Crippen molar-refractivity contribution in [3.8, 4) is 0 Å². The molecule has 0 amide bonds. The maximum Gasteiger partial charge on any atom is 0.0446 e. The average Bonchev–Trinajstić information content (AvgIpc) is 1.88. The van der Waals surface area contributed by atoms with Crippen LogP contribution in [-0.4, -0.2) is 0 Å². The van der Waals surface area contributed by atoms with Gasteiger partial charge in [0.1, 0.15) is 0 Å². The molecule has 0 spiro atoms. The Morgan fingerprint density at radius 2 is 2.20 bits per heavy atom. The molecule has 0 aliphatic rings. The highest BCUT2D eigenvalue weighted by molar-refractivity contribution is 6.31. The Bertz CT molecular complexity index is 208. The molecule has 1 aromatic rings. The van der Waals surface area contributed by atoms with E-state index in [1.165, 1.54) is 11.1 Å². The van der Waals surface area contributed by atoms with Gasteiger partial charge in [0.25, 0.3) is 0 Å². The molecule has 0 unspecified atom stereocenters. The fourth-order valence-electron chi connectivity index (χ4n) is 1.05. The van der Waals surface area contributed by atoms with Crippen molar-refractivity contribution in [2.24, 2.45) is 0 Å². The monoisotopic (exact) mass is 153 g/mol. The molecule has 0 heterocycles. The summed E-state index contributed by atoms with van der Waals surface area (Å²) in [5.74, 6) is 0. The molecule has 0 aliphatic heterocycles. The molecule has 0 saturated carbocycles. The van der Waals surface area contributed by atoms with Crippen LogP contribution in [0.3, 0.4) is 0 Å². The van der Waals surface area contributed by atoms with E-state index in [0.717, 1.165) is 11.4 Å². The van der Waals surface area contributed by atoms with Crippen molar-refractivity contribution < 1.29 is 0 Å². The second-order valence-electron chi connectivity index (χ2n) is 2.32. The van der Waals surface area contributed by atoms with Gasteiger partial charge in [0.2, 0.25) is 0 Å². The lowest BCUT2D eigenvalue weighted by atomic mass is 10.1. The zero-order valence-corrected chi connectivity index (χ0v) is 7.00. The number of hydrogen-bond acceptors (Lipinski definition) is 0. The van der Waals surface area contributed by atoms with Gasteiger partial charge < -0.3 is 0 Å². The Morgan fingerprint density at radius 3 is 2.60 bits per heavy atom. The molecule has 10 heavy (non-hydrogen) atoms. The van der Waals surface area contributed by atoms with Crippen LogP contribution in [0.4, 0.5) is 0 Å². The fourth-order valence-corrected chi connectivity index (χ4v) is 1.40. The van der Waals surface area contributed by atoms with Gasteiger partial charge in [-0.1, -0.05) is 24.6 Å². The molecule has 0 aliphatic carbocycles. The molecule has 1 radical (unpaired) electrons. The first-order valence-corrected chi connectivity index (χ1v) is 3.78. The fraction of sp³-hybridized carbons (Fsp3) is 0.333. The molecule has 0 nitrogen and oxygen atoms in total. The van der Waals surface area contributed by atoms with E-state index < -0.39 is 0 Å². The SMILES string of the molecule is CCc1c(C)c[c]cc1Cl. The van der Waals surface area contributed by atoms with Gasteiger partial charge in [-0.05, 0) is 36.6 Å². The third kappa shape index (κ3) is 1.32. The van der Waals surface area contributed by atoms with Crippen molar-refractivity contribution in [2.45, 2.75) is 20.3 Å². The van der Waals surface area contributed by atoms with E-state index in [-0.39, 0.29) is 0 Å². The largest absolute Gasteiger partial charge is 0.0840 e. The molecule has 0 aromatic heterocycles. The summed E-state index contributed by atoms with van der Waals surface area (Å²) in [6.45, 7) is 4.16.